The minimum Gasteiger partial charge on any atom is -0.412 e. The number of allylic oxidation sites excluding steroid dienone is 1. The molecule has 2 aliphatic rings. The second-order valence-corrected chi connectivity index (χ2v) is 8.94. The van der Waals surface area contributed by atoms with Crippen molar-refractivity contribution >= 4 is 40.2 Å². The van der Waals surface area contributed by atoms with E-state index >= 15 is 0 Å². The predicted octanol–water partition coefficient (Wildman–Crippen LogP) is 2.58. The number of Topliss-reactive ketones (excluding diaryl/α,β-unsaturated/α-hetero) is 1. The number of anilines is 1. The first-order chi connectivity index (χ1) is 13.5. The number of carbonyl (C=O) groups is 1. The lowest BCUT2D eigenvalue weighted by Crippen LogP contribution is -2.84. The fraction of sp³-hybridized carbons (Fsp3) is 0.286. The van der Waals surface area contributed by atoms with Crippen molar-refractivity contribution in [2.75, 3.05) is 5.32 Å². The number of ketones is 1. The molecule has 0 spiro atoms. The fourth-order valence-electron chi connectivity index (χ4n) is 4.00. The molecule has 2 atom stereocenters. The largest absolute Gasteiger partial charge is 0.412 e. The van der Waals surface area contributed by atoms with E-state index in [1.807, 2.05) is 35.7 Å². The van der Waals surface area contributed by atoms with E-state index in [9.17, 15) is 4.79 Å². The van der Waals surface area contributed by atoms with Gasteiger partial charge in [-0.1, -0.05) is 32.0 Å². The molecular weight excluding hydrogens is 372 g/mol. The summed E-state index contributed by atoms with van der Waals surface area (Å²) in [7, 11) is 0. The summed E-state index contributed by atoms with van der Waals surface area (Å²) in [6.07, 6.45) is 2.72. The third-order valence-corrected chi connectivity index (χ3v) is 6.09. The number of hydrogen-bond acceptors (Lipinski definition) is 6. The van der Waals surface area contributed by atoms with Crippen LogP contribution in [0.3, 0.4) is 0 Å². The van der Waals surface area contributed by atoms with Crippen LogP contribution in [-0.2, 0) is 4.79 Å². The standard InChI is InChI=1S/C21H20N4O2S/c1-21(2)10-13-17(14(26)11-21)18(16-8-5-9-28-16)24-19(22-13)25-20-23-12-6-3-4-7-15(12)27-20/h3-10,17-18H,11H2,1-2H3,(H2,22,23,24,25)/p+1/t17-,18+/m0/s1. The summed E-state index contributed by atoms with van der Waals surface area (Å²) in [6, 6.07) is 12.0. The molecule has 0 unspecified atom stereocenters. The summed E-state index contributed by atoms with van der Waals surface area (Å²) in [5.41, 5.74) is 2.28. The normalized spacial score (nSPS) is 23.6. The maximum atomic E-state index is 13.0. The first kappa shape index (κ1) is 17.2. The SMILES string of the molecule is CC1(C)C=C2NC(Nc3nc4ccccc4o3)=[NH+][C@H](c3cccs3)[C@@H]2C(=O)C1. The van der Waals surface area contributed by atoms with Crippen LogP contribution in [0.15, 0.2) is 58.0 Å². The molecule has 2 aromatic heterocycles. The summed E-state index contributed by atoms with van der Waals surface area (Å²) in [6.45, 7) is 4.18. The van der Waals surface area contributed by atoms with Crippen molar-refractivity contribution in [3.05, 3.63) is 58.4 Å². The van der Waals surface area contributed by atoms with Gasteiger partial charge in [-0.25, -0.2) is 5.32 Å². The Labute approximate surface area is 166 Å². The van der Waals surface area contributed by atoms with Crippen LogP contribution in [0.4, 0.5) is 6.01 Å². The molecule has 5 rings (SSSR count). The quantitative estimate of drug-likeness (QED) is 0.624. The van der Waals surface area contributed by atoms with Crippen LogP contribution in [0.25, 0.3) is 11.1 Å². The molecule has 1 aliphatic heterocycles. The number of oxazole rings is 1. The van der Waals surface area contributed by atoms with Gasteiger partial charge in [-0.3, -0.25) is 9.79 Å². The molecule has 6 nitrogen and oxygen atoms in total. The molecule has 3 aromatic rings. The van der Waals surface area contributed by atoms with Gasteiger partial charge in [0.15, 0.2) is 5.58 Å². The Morgan fingerprint density at radius 3 is 2.93 bits per heavy atom. The number of thiophene rings is 1. The third kappa shape index (κ3) is 3.01. The van der Waals surface area contributed by atoms with Gasteiger partial charge in [-0.2, -0.15) is 10.3 Å². The van der Waals surface area contributed by atoms with Gasteiger partial charge in [0.2, 0.25) is 0 Å². The van der Waals surface area contributed by atoms with Gasteiger partial charge in [-0.15, -0.1) is 11.3 Å². The Morgan fingerprint density at radius 2 is 2.14 bits per heavy atom. The lowest BCUT2D eigenvalue weighted by atomic mass is 9.73. The van der Waals surface area contributed by atoms with E-state index in [1.54, 1.807) is 11.3 Å². The zero-order valence-electron chi connectivity index (χ0n) is 15.7. The van der Waals surface area contributed by atoms with Crippen LogP contribution in [0.2, 0.25) is 0 Å². The van der Waals surface area contributed by atoms with Crippen LogP contribution in [0.1, 0.15) is 31.2 Å². The molecule has 28 heavy (non-hydrogen) atoms. The molecule has 3 N–H and O–H groups in total. The second-order valence-electron chi connectivity index (χ2n) is 7.96. The molecule has 0 bridgehead atoms. The van der Waals surface area contributed by atoms with Crippen molar-refractivity contribution in [3.8, 4) is 0 Å². The molecule has 0 saturated carbocycles. The van der Waals surface area contributed by atoms with Crippen LogP contribution >= 0.6 is 11.3 Å². The van der Waals surface area contributed by atoms with E-state index < -0.39 is 0 Å². The number of para-hydroxylation sites is 2. The van der Waals surface area contributed by atoms with Crippen LogP contribution in [0.5, 0.6) is 0 Å². The summed E-state index contributed by atoms with van der Waals surface area (Å²) in [4.78, 5) is 22.0. The fourth-order valence-corrected chi connectivity index (χ4v) is 4.81. The highest BCUT2D eigenvalue weighted by molar-refractivity contribution is 7.10. The van der Waals surface area contributed by atoms with E-state index in [0.29, 0.717) is 18.4 Å². The summed E-state index contributed by atoms with van der Waals surface area (Å²) < 4.78 is 5.79. The van der Waals surface area contributed by atoms with Gasteiger partial charge in [0.1, 0.15) is 23.3 Å². The van der Waals surface area contributed by atoms with E-state index in [4.69, 9.17) is 4.42 Å². The molecule has 0 saturated heterocycles. The molecule has 3 heterocycles. The van der Waals surface area contributed by atoms with Crippen LogP contribution in [0, 0.1) is 11.3 Å². The molecule has 1 aliphatic carbocycles. The van der Waals surface area contributed by atoms with Crippen LogP contribution in [-0.4, -0.2) is 16.7 Å². The number of nitrogens with zero attached hydrogens (tertiary/aromatic N) is 1. The van der Waals surface area contributed by atoms with Gasteiger partial charge >= 0.3 is 12.0 Å². The van der Waals surface area contributed by atoms with E-state index in [0.717, 1.165) is 21.7 Å². The van der Waals surface area contributed by atoms with Crippen molar-refractivity contribution in [3.63, 3.8) is 0 Å². The topological polar surface area (TPSA) is 81.1 Å². The lowest BCUT2D eigenvalue weighted by molar-refractivity contribution is -0.521. The van der Waals surface area contributed by atoms with Crippen molar-refractivity contribution in [2.45, 2.75) is 26.3 Å². The van der Waals surface area contributed by atoms with Gasteiger partial charge in [0, 0.05) is 11.3 Å². The lowest BCUT2D eigenvalue weighted by Gasteiger charge is -2.35. The van der Waals surface area contributed by atoms with Crippen molar-refractivity contribution in [1.29, 1.82) is 0 Å². The van der Waals surface area contributed by atoms with Crippen molar-refractivity contribution in [2.24, 2.45) is 11.3 Å². The first-order valence-electron chi connectivity index (χ1n) is 9.30. The number of benzene rings is 1. The Kier molecular flexibility index (Phi) is 3.87. The molecule has 0 amide bonds. The number of fused-ring (bicyclic) bond motifs is 2. The summed E-state index contributed by atoms with van der Waals surface area (Å²) in [5, 5.41) is 8.61. The van der Waals surface area contributed by atoms with E-state index in [-0.39, 0.29) is 23.2 Å². The smallest absolute Gasteiger partial charge is 0.365 e. The van der Waals surface area contributed by atoms with Gasteiger partial charge < -0.3 is 4.42 Å². The van der Waals surface area contributed by atoms with Crippen LogP contribution < -0.4 is 15.6 Å². The first-order valence-corrected chi connectivity index (χ1v) is 10.2. The number of guanidine groups is 1. The zero-order chi connectivity index (χ0) is 19.3. The van der Waals surface area contributed by atoms with Gasteiger partial charge in [0.05, 0.1) is 5.70 Å². The predicted molar refractivity (Wildman–Crippen MR) is 109 cm³/mol. The summed E-state index contributed by atoms with van der Waals surface area (Å²) >= 11 is 1.65. The Morgan fingerprint density at radius 1 is 1.29 bits per heavy atom. The minimum atomic E-state index is -0.221. The molecule has 142 valence electrons. The highest BCUT2D eigenvalue weighted by atomic mass is 32.1. The molecule has 0 fully saturated rings. The number of carbonyl (C=O) groups excluding carboxylic acids is 1. The second kappa shape index (κ2) is 6.31. The Hall–Kier alpha value is -2.93. The number of rotatable bonds is 2. The molecular formula is C21H21N4O2S+. The van der Waals surface area contributed by atoms with Gasteiger partial charge in [0.25, 0.3) is 0 Å². The molecule has 7 heteroatoms. The summed E-state index contributed by atoms with van der Waals surface area (Å²) in [5.74, 6) is 0.695. The van der Waals surface area contributed by atoms with E-state index in [1.165, 1.54) is 0 Å². The monoisotopic (exact) mass is 393 g/mol. The minimum absolute atomic E-state index is 0.122. The van der Waals surface area contributed by atoms with Gasteiger partial charge in [-0.05, 0) is 35.1 Å². The highest BCUT2D eigenvalue weighted by Crippen LogP contribution is 2.39. The average Bonchev–Trinajstić information content (AvgIpc) is 3.29. The van der Waals surface area contributed by atoms with Crippen molar-refractivity contribution < 1.29 is 14.2 Å². The Balaban J connectivity index is 1.54. The molecule has 1 aromatic carbocycles. The number of nitrogens with one attached hydrogen (secondary N) is 3. The average molecular weight is 393 g/mol. The maximum absolute atomic E-state index is 13.0. The maximum Gasteiger partial charge on any atom is 0.365 e. The molecule has 0 radical (unpaired) electrons. The Bertz CT molecular complexity index is 1080. The number of hydrogen-bond donors (Lipinski definition) is 3. The highest BCUT2D eigenvalue weighted by Gasteiger charge is 2.45. The third-order valence-electron chi connectivity index (χ3n) is 5.14. The number of aromatic nitrogens is 1. The zero-order valence-corrected chi connectivity index (χ0v) is 16.5. The van der Waals surface area contributed by atoms with Crippen molar-refractivity contribution in [1.82, 2.24) is 10.3 Å². The van der Waals surface area contributed by atoms with E-state index in [2.05, 4.69) is 46.6 Å².